The first-order valence-electron chi connectivity index (χ1n) is 7.84. The molecule has 0 aromatic carbocycles. The Labute approximate surface area is 171 Å². The van der Waals surface area contributed by atoms with E-state index >= 15 is 0 Å². The lowest BCUT2D eigenvalue weighted by Crippen LogP contribution is -2.29. The third-order valence-electron chi connectivity index (χ3n) is 3.77. The number of hydrogen-bond donors (Lipinski definition) is 5. The molecule has 0 amide bonds. The molecule has 17 nitrogen and oxygen atoms in total. The molecule has 1 aliphatic heterocycles. The Morgan fingerprint density at radius 3 is 2.68 bits per heavy atom. The van der Waals surface area contributed by atoms with E-state index < -0.39 is 55.1 Å². The summed E-state index contributed by atoms with van der Waals surface area (Å²) in [4.78, 5) is 29.5. The minimum absolute atomic E-state index is 0.0386. The summed E-state index contributed by atoms with van der Waals surface area (Å²) in [5.74, 6) is 0.0386. The number of nitrogens with zero attached hydrogens (tertiary/aromatic N) is 4. The van der Waals surface area contributed by atoms with Gasteiger partial charge < -0.3 is 20.5 Å². The normalized spacial score (nSPS) is 28.4. The van der Waals surface area contributed by atoms with Crippen molar-refractivity contribution in [2.24, 2.45) is 0 Å². The Kier molecular flexibility index (Phi) is 7.12. The van der Waals surface area contributed by atoms with Gasteiger partial charge in [-0.2, -0.15) is 4.31 Å². The average molecular weight is 508 g/mol. The summed E-state index contributed by atoms with van der Waals surface area (Å²) in [5, 5.41) is 18.2. The maximum Gasteiger partial charge on any atom is 0.708 e. The SMILES string of the molecule is Nc1ncnc2c1ncn2[C@@H]1O[C@H](CO[P+](=O)OP(=O)(O)OP(=O)(O)OO)[C@H](F)[C@H]1O. The van der Waals surface area contributed by atoms with E-state index in [9.17, 15) is 28.1 Å². The molecule has 6 N–H and O–H groups in total. The lowest BCUT2D eigenvalue weighted by Gasteiger charge is -2.15. The lowest BCUT2D eigenvalue weighted by atomic mass is 10.1. The van der Waals surface area contributed by atoms with E-state index in [0.29, 0.717) is 0 Å². The highest BCUT2D eigenvalue weighted by Gasteiger charge is 2.49. The van der Waals surface area contributed by atoms with Crippen molar-refractivity contribution in [1.82, 2.24) is 19.5 Å². The molecule has 0 spiro atoms. The number of halogens is 1. The highest BCUT2D eigenvalue weighted by molar-refractivity contribution is 7.64. The molecule has 0 radical (unpaired) electrons. The van der Waals surface area contributed by atoms with Gasteiger partial charge in [0.05, 0.1) is 6.33 Å². The van der Waals surface area contributed by atoms with Crippen molar-refractivity contribution < 1.29 is 60.8 Å². The zero-order chi connectivity index (χ0) is 23.0. The average Bonchev–Trinajstić information content (AvgIpc) is 3.22. The molecule has 1 saturated heterocycles. The third-order valence-corrected chi connectivity index (χ3v) is 7.35. The molecule has 0 aliphatic carbocycles. The maximum atomic E-state index is 14.4. The van der Waals surface area contributed by atoms with Crippen LogP contribution in [0, 0.1) is 0 Å². The van der Waals surface area contributed by atoms with E-state index in [1.807, 2.05) is 0 Å². The van der Waals surface area contributed by atoms with E-state index in [4.69, 9.17) is 20.6 Å². The monoisotopic (exact) mass is 508 g/mol. The second-order valence-electron chi connectivity index (χ2n) is 5.78. The van der Waals surface area contributed by atoms with Crippen LogP contribution in [0.1, 0.15) is 6.23 Å². The number of anilines is 1. The molecule has 0 saturated carbocycles. The minimum Gasteiger partial charge on any atom is -0.385 e. The van der Waals surface area contributed by atoms with Gasteiger partial charge in [-0.3, -0.25) is 9.46 Å². The number of ether oxygens (including phenoxy) is 1. The number of aliphatic hydroxyl groups is 1. The first kappa shape index (κ1) is 24.1. The van der Waals surface area contributed by atoms with Crippen LogP contribution >= 0.6 is 23.9 Å². The minimum atomic E-state index is -5.49. The number of hydrogen-bond acceptors (Lipinski definition) is 14. The molecule has 1 fully saturated rings. The number of nitrogen functional groups attached to an aromatic ring is 1. The molecule has 21 heteroatoms. The van der Waals surface area contributed by atoms with Gasteiger partial charge in [0.1, 0.15) is 30.7 Å². The highest BCUT2D eigenvalue weighted by Crippen LogP contribution is 2.63. The van der Waals surface area contributed by atoms with Crippen molar-refractivity contribution in [2.45, 2.75) is 24.6 Å². The predicted molar refractivity (Wildman–Crippen MR) is 93.6 cm³/mol. The van der Waals surface area contributed by atoms with E-state index in [1.165, 1.54) is 10.9 Å². The fourth-order valence-electron chi connectivity index (χ4n) is 2.53. The summed E-state index contributed by atoms with van der Waals surface area (Å²) < 4.78 is 69.9. The van der Waals surface area contributed by atoms with E-state index in [0.717, 1.165) is 6.33 Å². The molecule has 31 heavy (non-hydrogen) atoms. The van der Waals surface area contributed by atoms with Crippen LogP contribution in [-0.4, -0.2) is 64.7 Å². The number of imidazole rings is 1. The van der Waals surface area contributed by atoms with E-state index in [-0.39, 0.29) is 17.0 Å². The molecule has 1 aliphatic rings. The Morgan fingerprint density at radius 2 is 2.00 bits per heavy atom. The smallest absolute Gasteiger partial charge is 0.385 e. The van der Waals surface area contributed by atoms with Crippen molar-refractivity contribution >= 4 is 40.9 Å². The third kappa shape index (κ3) is 5.46. The van der Waals surface area contributed by atoms with E-state index in [1.54, 1.807) is 0 Å². The van der Waals surface area contributed by atoms with Crippen LogP contribution in [0.15, 0.2) is 12.7 Å². The Balaban J connectivity index is 1.63. The Morgan fingerprint density at radius 1 is 1.29 bits per heavy atom. The number of rotatable bonds is 9. The summed E-state index contributed by atoms with van der Waals surface area (Å²) in [5.41, 5.74) is 5.97. The quantitative estimate of drug-likeness (QED) is 0.175. The van der Waals surface area contributed by atoms with Gasteiger partial charge in [0.25, 0.3) is 0 Å². The molecular formula is C10H14FN5O12P3+. The second-order valence-corrected chi connectivity index (χ2v) is 9.83. The summed E-state index contributed by atoms with van der Waals surface area (Å²) in [6.07, 6.45) is -4.37. The van der Waals surface area contributed by atoms with Crippen LogP contribution in [0.5, 0.6) is 0 Å². The molecule has 3 unspecified atom stereocenters. The number of nitrogens with two attached hydrogens (primary N) is 1. The van der Waals surface area contributed by atoms with Crippen LogP contribution in [0.2, 0.25) is 0 Å². The van der Waals surface area contributed by atoms with Gasteiger partial charge in [-0.1, -0.05) is 0 Å². The molecule has 172 valence electrons. The molecule has 3 heterocycles. The first-order chi connectivity index (χ1) is 14.4. The Bertz CT molecular complexity index is 1070. The number of phosphoric acid groups is 2. The van der Waals surface area contributed by atoms with Crippen LogP contribution in [0.4, 0.5) is 10.2 Å². The number of fused-ring (bicyclic) bond motifs is 1. The number of aromatic nitrogens is 4. The van der Waals surface area contributed by atoms with Crippen molar-refractivity contribution in [3.63, 3.8) is 0 Å². The van der Waals surface area contributed by atoms with Gasteiger partial charge in [0.15, 0.2) is 23.9 Å². The van der Waals surface area contributed by atoms with Gasteiger partial charge in [-0.25, -0.2) is 33.7 Å². The molecule has 2 aromatic heterocycles. The van der Waals surface area contributed by atoms with E-state index in [2.05, 4.69) is 32.8 Å². The predicted octanol–water partition coefficient (Wildman–Crippen LogP) is 0.402. The summed E-state index contributed by atoms with van der Waals surface area (Å²) in [6, 6.07) is 0. The molecular weight excluding hydrogens is 494 g/mol. The summed E-state index contributed by atoms with van der Waals surface area (Å²) in [6.45, 7) is -0.846. The van der Waals surface area contributed by atoms with Crippen LogP contribution in [-0.2, 0) is 36.3 Å². The largest absolute Gasteiger partial charge is 0.708 e. The zero-order valence-electron chi connectivity index (χ0n) is 14.8. The second kappa shape index (κ2) is 9.15. The fraction of sp³-hybridized carbons (Fsp3) is 0.500. The first-order valence-corrected chi connectivity index (χ1v) is 11.9. The molecule has 0 bridgehead atoms. The van der Waals surface area contributed by atoms with Crippen molar-refractivity contribution in [3.05, 3.63) is 12.7 Å². The topological polar surface area (TPSA) is 248 Å². The molecule has 3 rings (SSSR count). The molecule has 2 aromatic rings. The van der Waals surface area contributed by atoms with Crippen molar-refractivity contribution in [1.29, 1.82) is 0 Å². The number of alkyl halides is 1. The molecule has 7 atom stereocenters. The van der Waals surface area contributed by atoms with Crippen LogP contribution in [0.3, 0.4) is 0 Å². The van der Waals surface area contributed by atoms with Crippen LogP contribution in [0.25, 0.3) is 11.2 Å². The summed E-state index contributed by atoms with van der Waals surface area (Å²) >= 11 is 0. The fourth-order valence-corrected chi connectivity index (χ4v) is 5.21. The summed E-state index contributed by atoms with van der Waals surface area (Å²) in [7, 11) is -14.4. The Hall–Kier alpha value is -1.52. The van der Waals surface area contributed by atoms with Gasteiger partial charge >= 0.3 is 23.9 Å². The zero-order valence-corrected chi connectivity index (χ0v) is 17.5. The van der Waals surface area contributed by atoms with Crippen LogP contribution < -0.4 is 5.73 Å². The standard InChI is InChI=1S/C10H13FN5O12P3/c11-5-4(1-24-29(19)27-31(22,23)28-30(20,21)26-18)25-10(7(5)17)16-3-15-6-8(12)13-2-14-9(6)16/h2-5,7,10,17H,1H2,(H4-,12,13,14,18,20,21,22,23)/p+1/t4-,5+,7-,10-/m1/s1. The van der Waals surface area contributed by atoms with Gasteiger partial charge in [0, 0.05) is 4.57 Å². The lowest BCUT2D eigenvalue weighted by molar-refractivity contribution is -0.157. The van der Waals surface area contributed by atoms with Gasteiger partial charge in [-0.05, 0) is 4.31 Å². The van der Waals surface area contributed by atoms with Gasteiger partial charge in [-0.15, -0.1) is 9.20 Å². The maximum absolute atomic E-state index is 14.4. The highest BCUT2D eigenvalue weighted by atomic mass is 31.3. The van der Waals surface area contributed by atoms with Crippen molar-refractivity contribution in [2.75, 3.05) is 12.3 Å². The number of aliphatic hydroxyl groups excluding tert-OH is 1. The van der Waals surface area contributed by atoms with Gasteiger partial charge in [0.2, 0.25) is 0 Å². The van der Waals surface area contributed by atoms with Crippen molar-refractivity contribution in [3.8, 4) is 0 Å².